The molecule has 1 aromatic rings. The summed E-state index contributed by atoms with van der Waals surface area (Å²) >= 11 is 0. The molecule has 0 unspecified atom stereocenters. The Morgan fingerprint density at radius 3 is 2.44 bits per heavy atom. The van der Waals surface area contributed by atoms with E-state index in [0.29, 0.717) is 18.1 Å². The molecule has 88 valence electrons. The Labute approximate surface area is 96.4 Å². The number of rotatable bonds is 5. The van der Waals surface area contributed by atoms with Crippen molar-refractivity contribution in [1.82, 2.24) is 0 Å². The zero-order valence-electron chi connectivity index (χ0n) is 10.0. The molecule has 0 saturated heterocycles. The third-order valence-electron chi connectivity index (χ3n) is 2.51. The summed E-state index contributed by atoms with van der Waals surface area (Å²) in [7, 11) is 1.37. The van der Waals surface area contributed by atoms with Crippen molar-refractivity contribution < 1.29 is 14.3 Å². The second-order valence-corrected chi connectivity index (χ2v) is 3.84. The lowest BCUT2D eigenvalue weighted by Gasteiger charge is -2.10. The Morgan fingerprint density at radius 1 is 1.31 bits per heavy atom. The predicted molar refractivity (Wildman–Crippen MR) is 62.7 cm³/mol. The molecule has 0 aliphatic rings. The molecule has 0 fully saturated rings. The van der Waals surface area contributed by atoms with Crippen LogP contribution < -0.4 is 4.74 Å². The molecule has 0 aromatic heterocycles. The molecule has 0 heterocycles. The minimum Gasteiger partial charge on any atom is -0.493 e. The summed E-state index contributed by atoms with van der Waals surface area (Å²) < 4.78 is 10.2. The first kappa shape index (κ1) is 12.6. The van der Waals surface area contributed by atoms with Crippen LogP contribution in [0.5, 0.6) is 5.75 Å². The summed E-state index contributed by atoms with van der Waals surface area (Å²) in [6.45, 7) is 4.98. The van der Waals surface area contributed by atoms with E-state index in [1.807, 2.05) is 0 Å². The highest BCUT2D eigenvalue weighted by Crippen LogP contribution is 2.14. The number of carbonyl (C=O) groups excluding carboxylic acids is 1. The summed E-state index contributed by atoms with van der Waals surface area (Å²) in [5, 5.41) is 0. The first-order valence-corrected chi connectivity index (χ1v) is 5.48. The topological polar surface area (TPSA) is 35.5 Å². The third kappa shape index (κ3) is 3.57. The van der Waals surface area contributed by atoms with E-state index in [-0.39, 0.29) is 5.97 Å². The highest BCUT2D eigenvalue weighted by atomic mass is 16.5. The second-order valence-electron chi connectivity index (χ2n) is 3.84. The SMILES string of the molecule is CC[C@H](C)COc1ccc(C(=O)OC)cc1. The molecular weight excluding hydrogens is 204 g/mol. The molecule has 1 rings (SSSR count). The lowest BCUT2D eigenvalue weighted by atomic mass is 10.1. The number of benzene rings is 1. The van der Waals surface area contributed by atoms with Crippen LogP contribution in [0.4, 0.5) is 0 Å². The van der Waals surface area contributed by atoms with E-state index in [0.717, 1.165) is 12.2 Å². The Kier molecular flexibility index (Phi) is 4.83. The molecule has 0 spiro atoms. The highest BCUT2D eigenvalue weighted by molar-refractivity contribution is 5.89. The summed E-state index contributed by atoms with van der Waals surface area (Å²) in [5.74, 6) is 1.00. The van der Waals surface area contributed by atoms with Crippen LogP contribution in [0.25, 0.3) is 0 Å². The summed E-state index contributed by atoms with van der Waals surface area (Å²) in [4.78, 5) is 11.2. The van der Waals surface area contributed by atoms with Gasteiger partial charge in [-0.05, 0) is 30.2 Å². The number of ether oxygens (including phenoxy) is 2. The zero-order chi connectivity index (χ0) is 12.0. The van der Waals surface area contributed by atoms with Crippen molar-refractivity contribution in [2.45, 2.75) is 20.3 Å². The molecule has 3 nitrogen and oxygen atoms in total. The lowest BCUT2D eigenvalue weighted by Crippen LogP contribution is -2.07. The fourth-order valence-corrected chi connectivity index (χ4v) is 1.16. The Morgan fingerprint density at radius 2 is 1.94 bits per heavy atom. The van der Waals surface area contributed by atoms with Crippen molar-refractivity contribution in [3.8, 4) is 5.75 Å². The monoisotopic (exact) mass is 222 g/mol. The molecule has 0 amide bonds. The van der Waals surface area contributed by atoms with Gasteiger partial charge < -0.3 is 9.47 Å². The maximum absolute atomic E-state index is 11.2. The van der Waals surface area contributed by atoms with Crippen LogP contribution >= 0.6 is 0 Å². The fourth-order valence-electron chi connectivity index (χ4n) is 1.16. The lowest BCUT2D eigenvalue weighted by molar-refractivity contribution is 0.0600. The van der Waals surface area contributed by atoms with Gasteiger partial charge in [-0.3, -0.25) is 0 Å². The van der Waals surface area contributed by atoms with Crippen LogP contribution in [-0.4, -0.2) is 19.7 Å². The first-order chi connectivity index (χ1) is 7.67. The molecule has 0 bridgehead atoms. The normalized spacial score (nSPS) is 11.9. The summed E-state index contributed by atoms with van der Waals surface area (Å²) in [6.07, 6.45) is 1.10. The molecule has 0 radical (unpaired) electrons. The Hall–Kier alpha value is -1.51. The van der Waals surface area contributed by atoms with Crippen molar-refractivity contribution >= 4 is 5.97 Å². The standard InChI is InChI=1S/C13H18O3/c1-4-10(2)9-16-12-7-5-11(6-8-12)13(14)15-3/h5-8,10H,4,9H2,1-3H3/t10-/m0/s1. The van der Waals surface area contributed by atoms with Gasteiger partial charge in [-0.15, -0.1) is 0 Å². The van der Waals surface area contributed by atoms with Crippen LogP contribution in [0.3, 0.4) is 0 Å². The molecule has 16 heavy (non-hydrogen) atoms. The fraction of sp³-hybridized carbons (Fsp3) is 0.462. The average Bonchev–Trinajstić information content (AvgIpc) is 2.35. The minimum atomic E-state index is -0.325. The van der Waals surface area contributed by atoms with Crippen molar-refractivity contribution in [1.29, 1.82) is 0 Å². The van der Waals surface area contributed by atoms with Gasteiger partial charge in [0, 0.05) is 0 Å². The molecule has 3 heteroatoms. The maximum Gasteiger partial charge on any atom is 0.337 e. The maximum atomic E-state index is 11.2. The average molecular weight is 222 g/mol. The molecular formula is C13H18O3. The van der Waals surface area contributed by atoms with Crippen LogP contribution in [0.15, 0.2) is 24.3 Å². The van der Waals surface area contributed by atoms with Crippen LogP contribution in [-0.2, 0) is 4.74 Å². The van der Waals surface area contributed by atoms with Gasteiger partial charge in [-0.25, -0.2) is 4.79 Å². The van der Waals surface area contributed by atoms with E-state index in [1.54, 1.807) is 24.3 Å². The molecule has 0 saturated carbocycles. The third-order valence-corrected chi connectivity index (χ3v) is 2.51. The zero-order valence-corrected chi connectivity index (χ0v) is 10.0. The molecule has 0 aliphatic heterocycles. The van der Waals surface area contributed by atoms with E-state index in [1.165, 1.54) is 7.11 Å². The van der Waals surface area contributed by atoms with Crippen molar-refractivity contribution in [3.63, 3.8) is 0 Å². The van der Waals surface area contributed by atoms with E-state index in [4.69, 9.17) is 4.74 Å². The number of hydrogen-bond donors (Lipinski definition) is 0. The smallest absolute Gasteiger partial charge is 0.337 e. The molecule has 1 aromatic carbocycles. The molecule has 0 N–H and O–H groups in total. The van der Waals surface area contributed by atoms with Crippen molar-refractivity contribution in [2.24, 2.45) is 5.92 Å². The Balaban J connectivity index is 2.54. The van der Waals surface area contributed by atoms with E-state index in [9.17, 15) is 4.79 Å². The van der Waals surface area contributed by atoms with Gasteiger partial charge >= 0.3 is 5.97 Å². The number of carbonyl (C=O) groups is 1. The number of esters is 1. The largest absolute Gasteiger partial charge is 0.493 e. The van der Waals surface area contributed by atoms with Gasteiger partial charge in [0.25, 0.3) is 0 Å². The summed E-state index contributed by atoms with van der Waals surface area (Å²) in [6, 6.07) is 6.98. The van der Waals surface area contributed by atoms with Gasteiger partial charge in [-0.2, -0.15) is 0 Å². The molecule has 0 aliphatic carbocycles. The van der Waals surface area contributed by atoms with Gasteiger partial charge in [0.1, 0.15) is 5.75 Å². The number of hydrogen-bond acceptors (Lipinski definition) is 3. The molecule has 1 atom stereocenters. The van der Waals surface area contributed by atoms with Crippen molar-refractivity contribution in [2.75, 3.05) is 13.7 Å². The Bertz CT molecular complexity index is 330. The first-order valence-electron chi connectivity index (χ1n) is 5.48. The van der Waals surface area contributed by atoms with Gasteiger partial charge in [-0.1, -0.05) is 20.3 Å². The van der Waals surface area contributed by atoms with Crippen LogP contribution in [0.2, 0.25) is 0 Å². The minimum absolute atomic E-state index is 0.325. The quantitative estimate of drug-likeness (QED) is 0.718. The van der Waals surface area contributed by atoms with Gasteiger partial charge in [0.15, 0.2) is 0 Å². The van der Waals surface area contributed by atoms with E-state index >= 15 is 0 Å². The van der Waals surface area contributed by atoms with E-state index in [2.05, 4.69) is 18.6 Å². The van der Waals surface area contributed by atoms with Crippen LogP contribution in [0, 0.1) is 5.92 Å². The van der Waals surface area contributed by atoms with Gasteiger partial charge in [0.2, 0.25) is 0 Å². The van der Waals surface area contributed by atoms with Crippen LogP contribution in [0.1, 0.15) is 30.6 Å². The second kappa shape index (κ2) is 6.16. The predicted octanol–water partition coefficient (Wildman–Crippen LogP) is 2.90. The van der Waals surface area contributed by atoms with E-state index < -0.39 is 0 Å². The van der Waals surface area contributed by atoms with Crippen molar-refractivity contribution in [3.05, 3.63) is 29.8 Å². The number of methoxy groups -OCH3 is 1. The van der Waals surface area contributed by atoms with Gasteiger partial charge in [0.05, 0.1) is 19.3 Å². The highest BCUT2D eigenvalue weighted by Gasteiger charge is 2.05. The summed E-state index contributed by atoms with van der Waals surface area (Å²) in [5.41, 5.74) is 0.540.